The van der Waals surface area contributed by atoms with E-state index in [0.29, 0.717) is 6.42 Å². The number of amides is 2. The molecule has 10 heteroatoms. The smallest absolute Gasteiger partial charge is 0.410 e. The van der Waals surface area contributed by atoms with Crippen molar-refractivity contribution in [2.45, 2.75) is 44.3 Å². The van der Waals surface area contributed by atoms with E-state index < -0.39 is 36.7 Å². The summed E-state index contributed by atoms with van der Waals surface area (Å²) in [6.45, 7) is 0.340. The van der Waals surface area contributed by atoms with Gasteiger partial charge < -0.3 is 19.7 Å². The van der Waals surface area contributed by atoms with Crippen LogP contribution in [-0.4, -0.2) is 48.4 Å². The molecule has 7 nitrogen and oxygen atoms in total. The number of alkyl halides is 3. The van der Waals surface area contributed by atoms with Crippen LogP contribution in [0.25, 0.3) is 0 Å². The molecule has 0 bridgehead atoms. The zero-order valence-corrected chi connectivity index (χ0v) is 18.3. The van der Waals surface area contributed by atoms with Crippen LogP contribution in [0.3, 0.4) is 0 Å². The fraction of sp³-hybridized carbons (Fsp3) is 0.375. The molecule has 1 N–H and O–H groups in total. The lowest BCUT2D eigenvalue weighted by molar-refractivity contribution is -0.164. The number of ether oxygens (including phenoxy) is 2. The lowest BCUT2D eigenvalue weighted by Gasteiger charge is -2.30. The summed E-state index contributed by atoms with van der Waals surface area (Å²) in [6, 6.07) is 17.0. The van der Waals surface area contributed by atoms with Gasteiger partial charge in [0.1, 0.15) is 6.04 Å². The van der Waals surface area contributed by atoms with E-state index in [1.165, 1.54) is 4.90 Å². The SMILES string of the molecule is N#CC(COCc1ccccc1)NC(=O)C(CC(F)(F)F)OC(=O)N1CCc2ccccc2C1. The lowest BCUT2D eigenvalue weighted by Crippen LogP contribution is -2.48. The molecular formula is C24H24F3N3O4. The molecule has 0 aliphatic carbocycles. The van der Waals surface area contributed by atoms with E-state index in [9.17, 15) is 28.0 Å². The normalized spacial score (nSPS) is 14.9. The van der Waals surface area contributed by atoms with E-state index in [1.54, 1.807) is 36.4 Å². The maximum Gasteiger partial charge on any atom is 0.410 e. The number of nitrogens with zero attached hydrogens (tertiary/aromatic N) is 2. The minimum Gasteiger partial charge on any atom is -0.436 e. The number of fused-ring (bicyclic) bond motifs is 1. The molecule has 0 radical (unpaired) electrons. The van der Waals surface area contributed by atoms with E-state index in [-0.39, 0.29) is 26.3 Å². The monoisotopic (exact) mass is 475 g/mol. The Bertz CT molecular complexity index is 1020. The Kier molecular flexibility index (Phi) is 8.49. The molecule has 2 aromatic carbocycles. The number of halogens is 3. The van der Waals surface area contributed by atoms with Gasteiger partial charge in [-0.2, -0.15) is 18.4 Å². The topological polar surface area (TPSA) is 91.7 Å². The Morgan fingerprint density at radius 3 is 2.44 bits per heavy atom. The molecular weight excluding hydrogens is 451 g/mol. The number of carbonyl (C=O) groups is 2. The van der Waals surface area contributed by atoms with Crippen LogP contribution >= 0.6 is 0 Å². The van der Waals surface area contributed by atoms with Gasteiger partial charge in [-0.1, -0.05) is 54.6 Å². The fourth-order valence-corrected chi connectivity index (χ4v) is 3.49. The number of nitriles is 1. The molecule has 2 amide bonds. The van der Waals surface area contributed by atoms with Crippen LogP contribution in [0.2, 0.25) is 0 Å². The highest BCUT2D eigenvalue weighted by molar-refractivity contribution is 5.84. The summed E-state index contributed by atoms with van der Waals surface area (Å²) in [4.78, 5) is 26.3. The number of rotatable bonds is 8. The zero-order valence-electron chi connectivity index (χ0n) is 18.3. The van der Waals surface area contributed by atoms with Crippen LogP contribution < -0.4 is 5.32 Å². The first-order valence-electron chi connectivity index (χ1n) is 10.7. The standard InChI is InChI=1S/C24H24F3N3O4/c25-24(26,27)12-21(34-23(32)30-11-10-18-8-4-5-9-19(18)14-30)22(31)29-20(13-28)16-33-15-17-6-2-1-3-7-17/h1-9,20-21H,10-12,14-16H2,(H,29,31). The van der Waals surface area contributed by atoms with E-state index in [1.807, 2.05) is 24.3 Å². The molecule has 0 aromatic heterocycles. The molecule has 1 aliphatic heterocycles. The van der Waals surface area contributed by atoms with Crippen molar-refractivity contribution in [3.63, 3.8) is 0 Å². The Morgan fingerprint density at radius 2 is 1.76 bits per heavy atom. The first-order valence-corrected chi connectivity index (χ1v) is 10.7. The third-order valence-corrected chi connectivity index (χ3v) is 5.21. The van der Waals surface area contributed by atoms with Gasteiger partial charge in [-0.25, -0.2) is 4.79 Å². The summed E-state index contributed by atoms with van der Waals surface area (Å²) < 4.78 is 49.6. The van der Waals surface area contributed by atoms with Crippen molar-refractivity contribution in [1.29, 1.82) is 5.26 Å². The predicted octanol–water partition coefficient (Wildman–Crippen LogP) is 3.73. The van der Waals surface area contributed by atoms with Gasteiger partial charge in [-0.05, 0) is 23.1 Å². The third-order valence-electron chi connectivity index (χ3n) is 5.21. The number of nitrogens with one attached hydrogen (secondary N) is 1. The minimum atomic E-state index is -4.76. The molecule has 180 valence electrons. The van der Waals surface area contributed by atoms with Crippen molar-refractivity contribution in [2.75, 3.05) is 13.2 Å². The quantitative estimate of drug-likeness (QED) is 0.628. The maximum absolute atomic E-state index is 13.1. The molecule has 34 heavy (non-hydrogen) atoms. The number of hydrogen-bond donors (Lipinski definition) is 1. The summed E-state index contributed by atoms with van der Waals surface area (Å²) >= 11 is 0. The maximum atomic E-state index is 13.1. The highest BCUT2D eigenvalue weighted by Crippen LogP contribution is 2.25. The molecule has 2 atom stereocenters. The van der Waals surface area contributed by atoms with E-state index in [4.69, 9.17) is 9.47 Å². The van der Waals surface area contributed by atoms with Crippen molar-refractivity contribution in [3.05, 3.63) is 71.3 Å². The van der Waals surface area contributed by atoms with Crippen LogP contribution in [0, 0.1) is 11.3 Å². The minimum absolute atomic E-state index is 0.159. The molecule has 1 heterocycles. The van der Waals surface area contributed by atoms with Crippen LogP contribution in [0.15, 0.2) is 54.6 Å². The molecule has 0 saturated heterocycles. The molecule has 0 spiro atoms. The molecule has 0 fully saturated rings. The first-order chi connectivity index (χ1) is 16.2. The molecule has 0 saturated carbocycles. The van der Waals surface area contributed by atoms with Crippen molar-refractivity contribution in [2.24, 2.45) is 0 Å². The van der Waals surface area contributed by atoms with Gasteiger partial charge in [0.25, 0.3) is 5.91 Å². The van der Waals surface area contributed by atoms with Crippen LogP contribution in [0.4, 0.5) is 18.0 Å². The van der Waals surface area contributed by atoms with E-state index in [0.717, 1.165) is 16.7 Å². The summed E-state index contributed by atoms with van der Waals surface area (Å²) in [7, 11) is 0. The molecule has 3 rings (SSSR count). The van der Waals surface area contributed by atoms with E-state index in [2.05, 4.69) is 5.32 Å². The average molecular weight is 475 g/mol. The Labute approximate surface area is 195 Å². The second-order valence-corrected chi connectivity index (χ2v) is 7.82. The Hall–Kier alpha value is -3.58. The number of carbonyl (C=O) groups excluding carboxylic acids is 2. The van der Waals surface area contributed by atoms with Crippen LogP contribution in [0.5, 0.6) is 0 Å². The summed E-state index contributed by atoms with van der Waals surface area (Å²) in [6.07, 6.45) is -9.06. The first kappa shape index (κ1) is 25.1. The van der Waals surface area contributed by atoms with Gasteiger partial charge in [0.2, 0.25) is 0 Å². The summed E-state index contributed by atoms with van der Waals surface area (Å²) in [5.74, 6) is -1.21. The Balaban J connectivity index is 1.58. The van der Waals surface area contributed by atoms with Crippen LogP contribution in [0.1, 0.15) is 23.1 Å². The Morgan fingerprint density at radius 1 is 1.09 bits per heavy atom. The fourth-order valence-electron chi connectivity index (χ4n) is 3.49. The summed E-state index contributed by atoms with van der Waals surface area (Å²) in [5.41, 5.74) is 2.74. The molecule has 1 aliphatic rings. The van der Waals surface area contributed by atoms with Crippen molar-refractivity contribution >= 4 is 12.0 Å². The second-order valence-electron chi connectivity index (χ2n) is 7.82. The number of hydrogen-bond acceptors (Lipinski definition) is 5. The van der Waals surface area contributed by atoms with Gasteiger partial charge in [-0.3, -0.25) is 4.79 Å². The summed E-state index contributed by atoms with van der Waals surface area (Å²) in [5, 5.41) is 11.5. The highest BCUT2D eigenvalue weighted by atomic mass is 19.4. The largest absolute Gasteiger partial charge is 0.436 e. The zero-order chi connectivity index (χ0) is 24.6. The van der Waals surface area contributed by atoms with Gasteiger partial charge >= 0.3 is 12.3 Å². The lowest BCUT2D eigenvalue weighted by atomic mass is 10.0. The molecule has 2 unspecified atom stereocenters. The highest BCUT2D eigenvalue weighted by Gasteiger charge is 2.39. The third kappa shape index (κ3) is 7.49. The average Bonchev–Trinajstić information content (AvgIpc) is 2.82. The van der Waals surface area contributed by atoms with Gasteiger partial charge in [0.15, 0.2) is 6.10 Å². The van der Waals surface area contributed by atoms with Crippen molar-refractivity contribution < 1.29 is 32.2 Å². The second kappa shape index (κ2) is 11.5. The number of benzene rings is 2. The van der Waals surface area contributed by atoms with Crippen molar-refractivity contribution in [1.82, 2.24) is 10.2 Å². The van der Waals surface area contributed by atoms with Gasteiger partial charge in [0.05, 0.1) is 25.7 Å². The van der Waals surface area contributed by atoms with Crippen LogP contribution in [-0.2, 0) is 33.8 Å². The van der Waals surface area contributed by atoms with Gasteiger partial charge in [-0.15, -0.1) is 0 Å². The van der Waals surface area contributed by atoms with E-state index >= 15 is 0 Å². The molecule has 2 aromatic rings. The van der Waals surface area contributed by atoms with Crippen molar-refractivity contribution in [3.8, 4) is 6.07 Å². The predicted molar refractivity (Wildman–Crippen MR) is 115 cm³/mol. The van der Waals surface area contributed by atoms with Gasteiger partial charge in [0, 0.05) is 13.1 Å².